The standard InChI is InChI=1S/C25H26N3O15P3S/c1-47-46(38,43-45(37,42-33)44(34,35)36)39-14-21-20(29)12-22(41-21)28-13-16(23(30)27-25(28)32)10-9-15-5-4-6-17(11-15)40-24(31)18-7-2-3-8-19(18)26/h2-8,11,13,20-22,29,33H,12,14,26H2,1H3,(H,27,30,32)(H2,34,35,36)/t20-,21+,22+,45?,46?/m0/s1. The average molecular weight is 733 g/mol. The lowest BCUT2D eigenvalue weighted by atomic mass is 10.2. The van der Waals surface area contributed by atoms with Crippen LogP contribution in [-0.4, -0.2) is 60.7 Å². The quantitative estimate of drug-likeness (QED) is 0.0314. The Kier molecular flexibility index (Phi) is 11.5. The Morgan fingerprint density at radius 2 is 1.87 bits per heavy atom. The molecular formula is C25H26N3O15P3S. The van der Waals surface area contributed by atoms with E-state index in [-0.39, 0.29) is 40.4 Å². The van der Waals surface area contributed by atoms with Crippen LogP contribution in [0.15, 0.2) is 64.3 Å². The zero-order chi connectivity index (χ0) is 34.6. The van der Waals surface area contributed by atoms with Gasteiger partial charge in [-0.2, -0.15) is 0 Å². The van der Waals surface area contributed by atoms with Gasteiger partial charge in [-0.15, -0.1) is 4.67 Å². The molecule has 1 aliphatic rings. The van der Waals surface area contributed by atoms with Crippen LogP contribution in [0.2, 0.25) is 0 Å². The summed E-state index contributed by atoms with van der Waals surface area (Å²) in [6.07, 6.45) is -1.91. The minimum atomic E-state index is -5.76. The number of carbonyl (C=O) groups excluding carboxylic acids is 1. The van der Waals surface area contributed by atoms with E-state index in [4.69, 9.17) is 34.8 Å². The number of rotatable bonds is 11. The highest BCUT2D eigenvalue weighted by molar-refractivity contribution is 8.56. The fourth-order valence-electron chi connectivity index (χ4n) is 3.96. The van der Waals surface area contributed by atoms with Gasteiger partial charge in [-0.25, -0.2) is 32.9 Å². The van der Waals surface area contributed by atoms with Gasteiger partial charge in [0.2, 0.25) is 0 Å². The van der Waals surface area contributed by atoms with Gasteiger partial charge < -0.3 is 30.1 Å². The van der Waals surface area contributed by atoms with Crippen molar-refractivity contribution in [2.24, 2.45) is 0 Å². The van der Waals surface area contributed by atoms with Crippen LogP contribution in [-0.2, 0) is 31.9 Å². The summed E-state index contributed by atoms with van der Waals surface area (Å²) in [6.45, 7) is -5.44. The molecule has 0 radical (unpaired) electrons. The minimum Gasteiger partial charge on any atom is -0.423 e. The molecule has 3 aromatic rings. The van der Waals surface area contributed by atoms with Crippen molar-refractivity contribution >= 4 is 44.4 Å². The molecule has 2 heterocycles. The third-order valence-corrected chi connectivity index (χ3v) is 14.7. The second kappa shape index (κ2) is 14.8. The predicted molar refractivity (Wildman–Crippen MR) is 166 cm³/mol. The van der Waals surface area contributed by atoms with Gasteiger partial charge >= 0.3 is 33.0 Å². The molecule has 0 saturated carbocycles. The second-order valence-corrected chi connectivity index (χ2v) is 19.2. The van der Waals surface area contributed by atoms with Gasteiger partial charge in [0.25, 0.3) is 5.56 Å². The highest BCUT2D eigenvalue weighted by Crippen LogP contribution is 2.85. The van der Waals surface area contributed by atoms with E-state index in [0.717, 1.165) is 17.0 Å². The summed E-state index contributed by atoms with van der Waals surface area (Å²) in [5.74, 6) is 4.81. The molecule has 1 aliphatic heterocycles. The van der Waals surface area contributed by atoms with Crippen LogP contribution < -0.4 is 21.7 Å². The molecule has 252 valence electrons. The van der Waals surface area contributed by atoms with Crippen molar-refractivity contribution < 1.29 is 61.6 Å². The summed E-state index contributed by atoms with van der Waals surface area (Å²) in [5, 5.41) is 19.2. The lowest BCUT2D eigenvalue weighted by Crippen LogP contribution is -2.33. The van der Waals surface area contributed by atoms with E-state index in [2.05, 4.69) is 25.8 Å². The van der Waals surface area contributed by atoms with Crippen molar-refractivity contribution in [3.63, 3.8) is 0 Å². The number of hydrogen-bond acceptors (Lipinski definition) is 15. The molecular weight excluding hydrogens is 707 g/mol. The predicted octanol–water partition coefficient (Wildman–Crippen LogP) is 2.67. The van der Waals surface area contributed by atoms with Crippen LogP contribution in [0.4, 0.5) is 5.69 Å². The van der Waals surface area contributed by atoms with E-state index in [9.17, 15) is 33.2 Å². The van der Waals surface area contributed by atoms with E-state index >= 15 is 0 Å². The molecule has 1 fully saturated rings. The van der Waals surface area contributed by atoms with Crippen molar-refractivity contribution in [3.8, 4) is 17.6 Å². The summed E-state index contributed by atoms with van der Waals surface area (Å²) in [5.41, 5.74) is 4.62. The molecule has 1 saturated heterocycles. The Morgan fingerprint density at radius 1 is 1.15 bits per heavy atom. The van der Waals surface area contributed by atoms with Gasteiger partial charge in [-0.05, 0) is 48.0 Å². The summed E-state index contributed by atoms with van der Waals surface area (Å²) in [7, 11) is -11.4. The summed E-state index contributed by atoms with van der Waals surface area (Å²) < 4.78 is 61.0. The molecule has 5 atom stereocenters. The fourth-order valence-corrected chi connectivity index (χ4v) is 10.8. The number of nitrogens with two attached hydrogens (primary N) is 1. The number of esters is 1. The van der Waals surface area contributed by atoms with E-state index in [1.54, 1.807) is 30.3 Å². The van der Waals surface area contributed by atoms with Crippen LogP contribution in [0.25, 0.3) is 0 Å². The van der Waals surface area contributed by atoms with Crippen molar-refractivity contribution in [2.75, 3.05) is 18.6 Å². The maximum atomic E-state index is 12.8. The van der Waals surface area contributed by atoms with Gasteiger partial charge in [0, 0.05) is 23.9 Å². The number of carbonyl (C=O) groups is 1. The van der Waals surface area contributed by atoms with Crippen LogP contribution >= 0.6 is 32.7 Å². The third-order valence-electron chi connectivity index (χ3n) is 6.29. The topological polar surface area (TPSA) is 276 Å². The number of aliphatic hydroxyl groups is 1. The molecule has 47 heavy (non-hydrogen) atoms. The highest BCUT2D eigenvalue weighted by Gasteiger charge is 2.52. The molecule has 4 rings (SSSR count). The third kappa shape index (κ3) is 8.78. The maximum absolute atomic E-state index is 12.8. The lowest BCUT2D eigenvalue weighted by molar-refractivity contribution is -0.141. The van der Waals surface area contributed by atoms with Crippen LogP contribution in [0.1, 0.15) is 34.1 Å². The molecule has 2 aromatic carbocycles. The number of nitrogens with zero attached hydrogens (tertiary/aromatic N) is 1. The number of hydrogen-bond donors (Lipinski definition) is 6. The zero-order valence-corrected chi connectivity index (χ0v) is 27.4. The van der Waals surface area contributed by atoms with Gasteiger partial charge in [-0.1, -0.05) is 30.0 Å². The van der Waals surface area contributed by atoms with Crippen LogP contribution in [0.3, 0.4) is 0 Å². The molecule has 7 N–H and O–H groups in total. The Hall–Kier alpha value is -3.33. The Balaban J connectivity index is 1.48. The number of aromatic nitrogens is 2. The number of H-pyrrole nitrogens is 1. The summed E-state index contributed by atoms with van der Waals surface area (Å²) in [6, 6.07) is 12.4. The number of anilines is 1. The smallest absolute Gasteiger partial charge is 0.423 e. The SMILES string of the molecule is CSP(=O)(OC[C@H]1O[C@@H](n2cc(C#Cc3cccc(OC(=O)c4ccccc4N)c3)c(=O)[nH]c2=O)C[C@@H]1O)OP(=O)(OO)P(=O)(O)O. The summed E-state index contributed by atoms with van der Waals surface area (Å²) >= 11 is 0.253. The fraction of sp³-hybridized carbons (Fsp3) is 0.240. The normalized spacial score (nSPS) is 20.4. The van der Waals surface area contributed by atoms with E-state index in [1.807, 2.05) is 0 Å². The summed E-state index contributed by atoms with van der Waals surface area (Å²) in [4.78, 5) is 58.0. The highest BCUT2D eigenvalue weighted by atomic mass is 32.7. The van der Waals surface area contributed by atoms with Crippen LogP contribution in [0, 0.1) is 11.8 Å². The zero-order valence-electron chi connectivity index (χ0n) is 23.9. The maximum Gasteiger partial charge on any atom is 0.474 e. The first-order valence-corrected chi connectivity index (χ1v) is 20.2. The first-order valence-electron chi connectivity index (χ1n) is 13.0. The molecule has 0 bridgehead atoms. The molecule has 22 heteroatoms. The molecule has 0 amide bonds. The molecule has 1 aromatic heterocycles. The number of ether oxygens (including phenoxy) is 2. The first-order chi connectivity index (χ1) is 22.1. The Labute approximate surface area is 268 Å². The van der Waals surface area contributed by atoms with Gasteiger partial charge in [0.1, 0.15) is 23.6 Å². The number of para-hydroxylation sites is 1. The van der Waals surface area contributed by atoms with Gasteiger partial charge in [0.05, 0.1) is 18.3 Å². The largest absolute Gasteiger partial charge is 0.474 e. The van der Waals surface area contributed by atoms with E-state index < -0.39 is 63.6 Å². The Morgan fingerprint density at radius 3 is 2.53 bits per heavy atom. The first kappa shape index (κ1) is 36.5. The van der Waals surface area contributed by atoms with Crippen molar-refractivity contribution in [3.05, 3.63) is 92.3 Å². The lowest BCUT2D eigenvalue weighted by Gasteiger charge is -2.23. The van der Waals surface area contributed by atoms with Gasteiger partial charge in [-0.3, -0.25) is 18.9 Å². The molecule has 18 nitrogen and oxygen atoms in total. The molecule has 0 spiro atoms. The van der Waals surface area contributed by atoms with Crippen molar-refractivity contribution in [1.29, 1.82) is 0 Å². The van der Waals surface area contributed by atoms with Crippen LogP contribution in [0.5, 0.6) is 5.75 Å². The number of benzene rings is 2. The Bertz CT molecular complexity index is 1980. The molecule has 0 aliphatic carbocycles. The second-order valence-electron chi connectivity index (χ2n) is 9.47. The average Bonchev–Trinajstić information content (AvgIpc) is 3.39. The van der Waals surface area contributed by atoms with Crippen molar-refractivity contribution in [2.45, 2.75) is 24.9 Å². The number of nitrogens with one attached hydrogen (secondary N) is 1. The van der Waals surface area contributed by atoms with Gasteiger partial charge in [0.15, 0.2) is 0 Å². The van der Waals surface area contributed by atoms with Crippen molar-refractivity contribution in [1.82, 2.24) is 9.55 Å². The number of aliphatic hydroxyl groups excluding tert-OH is 1. The van der Waals surface area contributed by atoms with E-state index in [0.29, 0.717) is 5.56 Å². The minimum absolute atomic E-state index is 0.149. The molecule has 2 unspecified atom stereocenters. The number of aromatic amines is 1. The number of nitrogen functional groups attached to an aromatic ring is 1. The monoisotopic (exact) mass is 733 g/mol. The van der Waals surface area contributed by atoms with E-state index in [1.165, 1.54) is 18.2 Å².